The van der Waals surface area contributed by atoms with Crippen LogP contribution in [0.25, 0.3) is 11.0 Å². The molecule has 2 aromatic carbocycles. The number of rotatable bonds is 5. The van der Waals surface area contributed by atoms with Crippen LogP contribution in [-0.2, 0) is 17.6 Å². The lowest BCUT2D eigenvalue weighted by atomic mass is 10.1. The fourth-order valence-electron chi connectivity index (χ4n) is 2.64. The van der Waals surface area contributed by atoms with Crippen LogP contribution in [0.1, 0.15) is 18.1 Å². The Morgan fingerprint density at radius 2 is 1.76 bits per heavy atom. The van der Waals surface area contributed by atoms with Gasteiger partial charge in [0.2, 0.25) is 0 Å². The van der Waals surface area contributed by atoms with E-state index in [2.05, 4.69) is 0 Å². The molecule has 3 aromatic rings. The monoisotopic (exact) mass is 338 g/mol. The van der Waals surface area contributed by atoms with E-state index in [0.717, 1.165) is 28.7 Å². The minimum atomic E-state index is -0.411. The third-order valence-corrected chi connectivity index (χ3v) is 3.92. The van der Waals surface area contributed by atoms with E-state index in [9.17, 15) is 9.59 Å². The Kier molecular flexibility index (Phi) is 4.84. The minimum Gasteiger partial charge on any atom is -0.497 e. The van der Waals surface area contributed by atoms with E-state index in [1.54, 1.807) is 37.4 Å². The lowest BCUT2D eigenvalue weighted by molar-refractivity contribution is -0.133. The van der Waals surface area contributed by atoms with Crippen molar-refractivity contribution in [3.63, 3.8) is 0 Å². The molecule has 0 atom stereocenters. The molecule has 5 nitrogen and oxygen atoms in total. The highest BCUT2D eigenvalue weighted by Crippen LogP contribution is 2.23. The highest BCUT2D eigenvalue weighted by atomic mass is 16.5. The number of aryl methyl sites for hydroxylation is 1. The van der Waals surface area contributed by atoms with Gasteiger partial charge in [-0.25, -0.2) is 4.79 Å². The topological polar surface area (TPSA) is 65.7 Å². The Hall–Kier alpha value is -3.08. The van der Waals surface area contributed by atoms with Crippen LogP contribution in [0.2, 0.25) is 0 Å². The quantitative estimate of drug-likeness (QED) is 0.405. The van der Waals surface area contributed by atoms with E-state index < -0.39 is 11.6 Å². The van der Waals surface area contributed by atoms with Crippen molar-refractivity contribution in [3.8, 4) is 11.5 Å². The molecule has 1 aromatic heterocycles. The van der Waals surface area contributed by atoms with E-state index in [0.29, 0.717) is 11.3 Å². The largest absolute Gasteiger partial charge is 0.497 e. The van der Waals surface area contributed by atoms with Crippen molar-refractivity contribution in [3.05, 3.63) is 70.1 Å². The van der Waals surface area contributed by atoms with Crippen LogP contribution in [0.3, 0.4) is 0 Å². The number of methoxy groups -OCH3 is 1. The zero-order valence-corrected chi connectivity index (χ0v) is 14.1. The molecule has 5 heteroatoms. The zero-order chi connectivity index (χ0) is 17.8. The first kappa shape index (κ1) is 16.8. The zero-order valence-electron chi connectivity index (χ0n) is 14.1. The Balaban J connectivity index is 1.77. The molecule has 25 heavy (non-hydrogen) atoms. The molecule has 0 N–H and O–H groups in total. The second-order valence-corrected chi connectivity index (χ2v) is 5.60. The van der Waals surface area contributed by atoms with E-state index in [1.165, 1.54) is 6.07 Å². The first-order chi connectivity index (χ1) is 12.1. The first-order valence-corrected chi connectivity index (χ1v) is 7.99. The average molecular weight is 338 g/mol. The molecule has 0 radical (unpaired) electrons. The number of benzene rings is 2. The molecule has 0 unspecified atom stereocenters. The molecule has 0 amide bonds. The molecular weight excluding hydrogens is 320 g/mol. The fraction of sp³-hybridized carbons (Fsp3) is 0.200. The number of hydrogen-bond acceptors (Lipinski definition) is 5. The molecule has 128 valence electrons. The van der Waals surface area contributed by atoms with Crippen molar-refractivity contribution in [2.24, 2.45) is 0 Å². The molecule has 0 saturated heterocycles. The molecule has 0 bridgehead atoms. The predicted octanol–water partition coefficient (Wildman–Crippen LogP) is 3.51. The van der Waals surface area contributed by atoms with Gasteiger partial charge in [0.25, 0.3) is 0 Å². The molecule has 3 rings (SSSR count). The van der Waals surface area contributed by atoms with E-state index >= 15 is 0 Å². The Labute approximate surface area is 144 Å². The summed E-state index contributed by atoms with van der Waals surface area (Å²) in [6.07, 6.45) is 0.861. The third kappa shape index (κ3) is 3.88. The number of ether oxygens (including phenoxy) is 2. The fourth-order valence-corrected chi connectivity index (χ4v) is 2.64. The summed E-state index contributed by atoms with van der Waals surface area (Å²) in [5.74, 6) is 0.689. The average Bonchev–Trinajstić information content (AvgIpc) is 2.61. The van der Waals surface area contributed by atoms with Gasteiger partial charge < -0.3 is 13.9 Å². The summed E-state index contributed by atoms with van der Waals surface area (Å²) in [6.45, 7) is 1.97. The number of esters is 1. The summed E-state index contributed by atoms with van der Waals surface area (Å²) in [6, 6.07) is 13.8. The Morgan fingerprint density at radius 1 is 1.04 bits per heavy atom. The van der Waals surface area contributed by atoms with Gasteiger partial charge in [0.05, 0.1) is 13.5 Å². The molecule has 0 saturated carbocycles. The lowest BCUT2D eigenvalue weighted by Gasteiger charge is -2.07. The highest BCUT2D eigenvalue weighted by Gasteiger charge is 2.10. The molecule has 0 aliphatic rings. The molecule has 0 spiro atoms. The summed E-state index contributed by atoms with van der Waals surface area (Å²) in [5, 5.41) is 0.844. The van der Waals surface area contributed by atoms with Crippen LogP contribution >= 0.6 is 0 Å². The van der Waals surface area contributed by atoms with Gasteiger partial charge >= 0.3 is 11.6 Å². The molecule has 0 aliphatic heterocycles. The van der Waals surface area contributed by atoms with Crippen molar-refractivity contribution in [1.82, 2.24) is 0 Å². The highest BCUT2D eigenvalue weighted by molar-refractivity contribution is 5.83. The summed E-state index contributed by atoms with van der Waals surface area (Å²) in [7, 11) is 1.59. The van der Waals surface area contributed by atoms with Crippen LogP contribution in [0, 0.1) is 0 Å². The van der Waals surface area contributed by atoms with E-state index in [-0.39, 0.29) is 6.42 Å². The Morgan fingerprint density at radius 3 is 2.44 bits per heavy atom. The smallest absolute Gasteiger partial charge is 0.336 e. The molecular formula is C20H18O5. The number of hydrogen-bond donors (Lipinski definition) is 0. The SMILES string of the molecule is CCc1cc(=O)oc2cc(OC(=O)Cc3ccc(OC)cc3)ccc12. The van der Waals surface area contributed by atoms with Gasteiger partial charge in [0.15, 0.2) is 0 Å². The summed E-state index contributed by atoms with van der Waals surface area (Å²) < 4.78 is 15.7. The van der Waals surface area contributed by atoms with Crippen LogP contribution in [0.15, 0.2) is 57.7 Å². The van der Waals surface area contributed by atoms with Gasteiger partial charge in [0.1, 0.15) is 17.1 Å². The van der Waals surface area contributed by atoms with Gasteiger partial charge in [-0.15, -0.1) is 0 Å². The standard InChI is InChI=1S/C20H18O5/c1-3-14-11-20(22)25-18-12-16(8-9-17(14)18)24-19(21)10-13-4-6-15(23-2)7-5-13/h4-9,11-12H,3,10H2,1-2H3. The predicted molar refractivity (Wildman–Crippen MR) is 94.2 cm³/mol. The van der Waals surface area contributed by atoms with Gasteiger partial charge in [-0.1, -0.05) is 19.1 Å². The van der Waals surface area contributed by atoms with Gasteiger partial charge in [-0.3, -0.25) is 4.79 Å². The number of fused-ring (bicyclic) bond motifs is 1. The maximum absolute atomic E-state index is 12.1. The molecule has 0 fully saturated rings. The molecule has 1 heterocycles. The minimum absolute atomic E-state index is 0.140. The number of carbonyl (C=O) groups is 1. The van der Waals surface area contributed by atoms with Gasteiger partial charge in [-0.05, 0) is 41.8 Å². The van der Waals surface area contributed by atoms with E-state index in [4.69, 9.17) is 13.9 Å². The number of carbonyl (C=O) groups excluding carboxylic acids is 1. The Bertz CT molecular complexity index is 954. The second kappa shape index (κ2) is 7.21. The maximum atomic E-state index is 12.1. The first-order valence-electron chi connectivity index (χ1n) is 7.99. The van der Waals surface area contributed by atoms with Crippen LogP contribution in [0.5, 0.6) is 11.5 Å². The van der Waals surface area contributed by atoms with Gasteiger partial charge in [0, 0.05) is 17.5 Å². The second-order valence-electron chi connectivity index (χ2n) is 5.60. The maximum Gasteiger partial charge on any atom is 0.336 e. The summed E-state index contributed by atoms with van der Waals surface area (Å²) >= 11 is 0. The lowest BCUT2D eigenvalue weighted by Crippen LogP contribution is -2.11. The van der Waals surface area contributed by atoms with Crippen LogP contribution in [-0.4, -0.2) is 13.1 Å². The summed E-state index contributed by atoms with van der Waals surface area (Å²) in [4.78, 5) is 23.7. The van der Waals surface area contributed by atoms with Crippen molar-refractivity contribution >= 4 is 16.9 Å². The van der Waals surface area contributed by atoms with E-state index in [1.807, 2.05) is 19.1 Å². The summed E-state index contributed by atoms with van der Waals surface area (Å²) in [5.41, 5.74) is 1.74. The van der Waals surface area contributed by atoms with Crippen molar-refractivity contribution < 1.29 is 18.7 Å². The third-order valence-electron chi connectivity index (χ3n) is 3.92. The van der Waals surface area contributed by atoms with Gasteiger partial charge in [-0.2, -0.15) is 0 Å². The normalized spacial score (nSPS) is 10.6. The van der Waals surface area contributed by atoms with Crippen LogP contribution < -0.4 is 15.1 Å². The van der Waals surface area contributed by atoms with Crippen molar-refractivity contribution in [2.45, 2.75) is 19.8 Å². The molecule has 0 aliphatic carbocycles. The van der Waals surface area contributed by atoms with Crippen molar-refractivity contribution in [2.75, 3.05) is 7.11 Å². The van der Waals surface area contributed by atoms with Crippen molar-refractivity contribution in [1.29, 1.82) is 0 Å². The van der Waals surface area contributed by atoms with Crippen LogP contribution in [0.4, 0.5) is 0 Å².